The number of nitrogens with zero attached hydrogens (tertiary/aromatic N) is 6. The Bertz CT molecular complexity index is 4880. The lowest BCUT2D eigenvalue weighted by Gasteiger charge is -2.32. The summed E-state index contributed by atoms with van der Waals surface area (Å²) < 4.78 is 162. The number of benzene rings is 6. The highest BCUT2D eigenvalue weighted by Crippen LogP contribution is 2.35. The zero-order valence-corrected chi connectivity index (χ0v) is 56.4. The van der Waals surface area contributed by atoms with Crippen LogP contribution in [0.1, 0.15) is 97.0 Å². The van der Waals surface area contributed by atoms with Crippen LogP contribution < -0.4 is 30.9 Å². The number of aliphatic hydroxyl groups is 2. The van der Waals surface area contributed by atoms with Crippen molar-refractivity contribution in [2.75, 3.05) is 19.8 Å². The second-order valence-corrected chi connectivity index (χ2v) is 25.5. The largest absolute Gasteiger partial charge is 0.434 e. The number of fused-ring (bicyclic) bond motifs is 3. The predicted octanol–water partition coefficient (Wildman–Crippen LogP) is 12.6. The fourth-order valence-electron chi connectivity index (χ4n) is 12.5. The van der Waals surface area contributed by atoms with Crippen LogP contribution in [0.2, 0.25) is 0 Å². The van der Waals surface area contributed by atoms with E-state index in [1.807, 2.05) is 32.9 Å². The first-order valence-corrected chi connectivity index (χ1v) is 31.9. The van der Waals surface area contributed by atoms with Crippen molar-refractivity contribution in [1.82, 2.24) is 28.1 Å². The summed E-state index contributed by atoms with van der Waals surface area (Å²) in [7, 11) is 4.61. The summed E-state index contributed by atoms with van der Waals surface area (Å²) in [5.74, 6) is -1.76. The lowest BCUT2D eigenvalue weighted by atomic mass is 9.93. The monoisotopic (exact) mass is 1400 g/mol. The molecular weight excluding hydrogens is 1320 g/mol. The molecule has 6 aromatic carbocycles. The zero-order valence-electron chi connectivity index (χ0n) is 56.4. The Hall–Kier alpha value is -9.41. The molecule has 532 valence electrons. The molecule has 3 aromatic heterocycles. The summed E-state index contributed by atoms with van der Waals surface area (Å²) in [5.41, 5.74) is 5.67. The van der Waals surface area contributed by atoms with Crippen LogP contribution in [0.4, 0.5) is 39.5 Å². The van der Waals surface area contributed by atoms with Crippen LogP contribution in [-0.2, 0) is 59.8 Å². The number of carbonyl (C=O) groups is 1. The standard InChI is InChI=1S/C25H27F3N2O4.C24H25F3N2O4.C24H23F3N2O4/c1-14-5-7-21(34-24(27)28)16(9-14)12-30-20-11-17(19(26)10-18(20)23(31)29(30)4)15-6-8-22(33-13-15)25(2,3)32;2*1-13-4-6-22(33-24(26)27)16(8-13)11-29-20-10-17(15-5-7-21(14(2)30)32-12-15)19(25)9-18(20)23(31)28(29)3/h5-7,9-11,22,24,32H,8,12-13H2,1-4H3;4-6,8-10,14,21,24,30H,7,11-12H2,1-3H3;4-6,8-10,21,24H,7,11-12H2,1-3H3. The van der Waals surface area contributed by atoms with Crippen molar-refractivity contribution in [1.29, 1.82) is 0 Å². The van der Waals surface area contributed by atoms with E-state index in [1.54, 1.807) is 110 Å². The molecule has 0 bridgehead atoms. The molecule has 2 N–H and O–H groups in total. The minimum Gasteiger partial charge on any atom is -0.434 e. The van der Waals surface area contributed by atoms with Crippen LogP contribution >= 0.6 is 0 Å². The Morgan fingerprint density at radius 2 is 0.850 bits per heavy atom. The fraction of sp³-hybridized carbons (Fsp3) is 0.370. The van der Waals surface area contributed by atoms with Gasteiger partial charge in [0.25, 0.3) is 16.7 Å². The van der Waals surface area contributed by atoms with Gasteiger partial charge in [-0.2, -0.15) is 26.3 Å². The van der Waals surface area contributed by atoms with E-state index in [9.17, 15) is 64.5 Å². The van der Waals surface area contributed by atoms with Gasteiger partial charge in [-0.3, -0.25) is 47.3 Å². The Labute approximate surface area is 567 Å². The molecule has 0 radical (unpaired) electrons. The first kappa shape index (κ1) is 73.3. The topological polar surface area (TPSA) is 194 Å². The number of carbonyl (C=O) groups excluding carboxylic acids is 1. The number of aromatic nitrogens is 6. The van der Waals surface area contributed by atoms with E-state index in [1.165, 1.54) is 64.4 Å². The van der Waals surface area contributed by atoms with Crippen molar-refractivity contribution in [3.05, 3.63) is 208 Å². The maximum absolute atomic E-state index is 15.0. The van der Waals surface area contributed by atoms with Gasteiger partial charge in [0, 0.05) is 54.5 Å². The highest BCUT2D eigenvalue weighted by molar-refractivity contribution is 5.87. The van der Waals surface area contributed by atoms with Gasteiger partial charge in [0.05, 0.1) is 96.1 Å². The van der Waals surface area contributed by atoms with Crippen molar-refractivity contribution in [2.45, 2.75) is 137 Å². The summed E-state index contributed by atoms with van der Waals surface area (Å²) in [4.78, 5) is 49.9. The maximum atomic E-state index is 15.0. The van der Waals surface area contributed by atoms with Crippen LogP contribution in [-0.4, -0.2) is 114 Å². The van der Waals surface area contributed by atoms with Crippen LogP contribution in [0, 0.1) is 38.2 Å². The van der Waals surface area contributed by atoms with Crippen LogP contribution in [0.25, 0.3) is 49.4 Å². The summed E-state index contributed by atoms with van der Waals surface area (Å²) in [6.45, 7) is 3.40. The minimum absolute atomic E-state index is 0.00546. The second-order valence-electron chi connectivity index (χ2n) is 25.5. The van der Waals surface area contributed by atoms with Gasteiger partial charge < -0.3 is 38.6 Å². The molecule has 3 aliphatic rings. The molecule has 4 atom stereocenters. The van der Waals surface area contributed by atoms with Gasteiger partial charge in [-0.05, 0) is 139 Å². The third-order valence-electron chi connectivity index (χ3n) is 17.9. The first-order chi connectivity index (χ1) is 47.3. The van der Waals surface area contributed by atoms with E-state index >= 15 is 4.39 Å². The fourth-order valence-corrected chi connectivity index (χ4v) is 12.5. The number of hydrogen-bond donors (Lipinski definition) is 2. The molecule has 27 heteroatoms. The van der Waals surface area contributed by atoms with E-state index in [0.29, 0.717) is 74.8 Å². The van der Waals surface area contributed by atoms with Gasteiger partial charge in [-0.1, -0.05) is 71.3 Å². The highest BCUT2D eigenvalue weighted by Gasteiger charge is 2.32. The van der Waals surface area contributed by atoms with Gasteiger partial charge in [0.1, 0.15) is 40.8 Å². The molecule has 100 heavy (non-hydrogen) atoms. The number of rotatable bonds is 18. The molecule has 9 aromatic rings. The third-order valence-corrected chi connectivity index (χ3v) is 17.9. The average molecular weight is 1400 g/mol. The van der Waals surface area contributed by atoms with E-state index in [0.717, 1.165) is 16.7 Å². The molecule has 12 rings (SSSR count). The summed E-state index contributed by atoms with van der Waals surface area (Å²) in [5, 5.41) is 20.4. The van der Waals surface area contributed by atoms with Crippen LogP contribution in [0.3, 0.4) is 0 Å². The smallest absolute Gasteiger partial charge is 0.387 e. The van der Waals surface area contributed by atoms with Gasteiger partial charge in [0.2, 0.25) is 0 Å². The van der Waals surface area contributed by atoms with Gasteiger partial charge in [-0.25, -0.2) is 13.2 Å². The molecule has 0 saturated heterocycles. The van der Waals surface area contributed by atoms with Gasteiger partial charge in [-0.15, -0.1) is 0 Å². The van der Waals surface area contributed by atoms with Crippen molar-refractivity contribution in [2.24, 2.45) is 21.1 Å². The van der Waals surface area contributed by atoms with E-state index < -0.39 is 77.9 Å². The number of aliphatic hydroxyl groups excluding tert-OH is 1. The minimum atomic E-state index is -2.99. The van der Waals surface area contributed by atoms with Crippen LogP contribution in [0.15, 0.2) is 124 Å². The normalized spacial score (nSPS) is 16.9. The summed E-state index contributed by atoms with van der Waals surface area (Å²) >= 11 is 0. The number of hydrogen-bond acceptors (Lipinski definition) is 12. The van der Waals surface area contributed by atoms with Gasteiger partial charge in [0.15, 0.2) is 5.78 Å². The first-order valence-electron chi connectivity index (χ1n) is 31.9. The number of Topliss-reactive ketones (excluding diaryl/α,β-unsaturated/α-hetero) is 1. The van der Waals surface area contributed by atoms with Crippen molar-refractivity contribution in [3.8, 4) is 17.2 Å². The quantitative estimate of drug-likeness (QED) is 0.0773. The molecule has 0 spiro atoms. The SMILES string of the molecule is CC(=O)C1CC=C(c2cc3c(cc2F)c(=O)n(C)n3Cc2cc(C)ccc2OC(F)F)CO1.Cc1ccc(OC(F)F)c(Cn2c3cc(C4=CCC(C(C)(C)O)OC4)c(F)cc3c(=O)n2C)c1.Cc1ccc(OC(F)F)c(Cn2c3cc(C4=CCC(C(C)O)OC4)c(F)cc3c(=O)n2C)c1. The highest BCUT2D eigenvalue weighted by atomic mass is 19.3. The zero-order chi connectivity index (χ0) is 72.5. The molecule has 18 nitrogen and oxygen atoms in total. The number of ketones is 1. The van der Waals surface area contributed by atoms with Gasteiger partial charge >= 0.3 is 19.8 Å². The Morgan fingerprint density at radius 1 is 0.520 bits per heavy atom. The molecule has 3 aliphatic heterocycles. The Morgan fingerprint density at radius 3 is 1.12 bits per heavy atom. The number of aryl methyl sites for hydroxylation is 3. The molecule has 4 unspecified atom stereocenters. The average Bonchev–Trinajstić information content (AvgIpc) is 1.61. The summed E-state index contributed by atoms with van der Waals surface area (Å²) in [6.07, 6.45) is 4.64. The predicted molar refractivity (Wildman–Crippen MR) is 358 cm³/mol. The Balaban J connectivity index is 0.000000162. The lowest BCUT2D eigenvalue weighted by molar-refractivity contribution is -0.127. The van der Waals surface area contributed by atoms with E-state index in [4.69, 9.17) is 14.2 Å². The number of alkyl halides is 6. The third kappa shape index (κ3) is 16.1. The molecule has 0 fully saturated rings. The van der Waals surface area contributed by atoms with Crippen molar-refractivity contribution >= 4 is 55.2 Å². The Kier molecular flexibility index (Phi) is 22.1. The van der Waals surface area contributed by atoms with Crippen molar-refractivity contribution in [3.63, 3.8) is 0 Å². The molecule has 6 heterocycles. The van der Waals surface area contributed by atoms with E-state index in [-0.39, 0.29) is 95.9 Å². The second kappa shape index (κ2) is 30.2. The van der Waals surface area contributed by atoms with Crippen LogP contribution in [0.5, 0.6) is 17.2 Å². The summed E-state index contributed by atoms with van der Waals surface area (Å²) in [6, 6.07) is 22.8. The molecule has 0 aliphatic carbocycles. The number of halogens is 9. The van der Waals surface area contributed by atoms with Crippen molar-refractivity contribution < 1.29 is 82.9 Å². The number of ether oxygens (including phenoxy) is 6. The molecule has 0 saturated carbocycles. The molecular formula is C73H75F9N6O12. The van der Waals surface area contributed by atoms with E-state index in [2.05, 4.69) is 14.2 Å². The molecule has 0 amide bonds. The maximum Gasteiger partial charge on any atom is 0.387 e. The lowest BCUT2D eigenvalue weighted by Crippen LogP contribution is -2.39.